The first-order valence-electron chi connectivity index (χ1n) is 7.75. The lowest BCUT2D eigenvalue weighted by Gasteiger charge is -2.28. The van der Waals surface area contributed by atoms with Gasteiger partial charge in [-0.1, -0.05) is 0 Å². The molecule has 2 N–H and O–H groups in total. The van der Waals surface area contributed by atoms with Gasteiger partial charge in [0.2, 0.25) is 0 Å². The second-order valence-electron chi connectivity index (χ2n) is 5.65. The van der Waals surface area contributed by atoms with E-state index in [9.17, 15) is 0 Å². The first kappa shape index (κ1) is 14.1. The van der Waals surface area contributed by atoms with Crippen LogP contribution in [-0.2, 0) is 6.54 Å². The molecule has 1 saturated heterocycles. The molecule has 112 valence electrons. The largest absolute Gasteiger partial charge is 0.357 e. The van der Waals surface area contributed by atoms with Gasteiger partial charge in [-0.25, -0.2) is 9.97 Å². The van der Waals surface area contributed by atoms with Crippen molar-refractivity contribution in [2.45, 2.75) is 38.8 Å². The minimum Gasteiger partial charge on any atom is -0.357 e. The molecule has 1 fully saturated rings. The van der Waals surface area contributed by atoms with Crippen molar-refractivity contribution in [2.24, 2.45) is 0 Å². The Labute approximate surface area is 125 Å². The van der Waals surface area contributed by atoms with Crippen molar-refractivity contribution in [3.63, 3.8) is 0 Å². The molecule has 2 aromatic rings. The number of hydrogen-bond donors (Lipinski definition) is 2. The quantitative estimate of drug-likeness (QED) is 0.886. The van der Waals surface area contributed by atoms with E-state index in [1.807, 2.05) is 12.4 Å². The van der Waals surface area contributed by atoms with Crippen LogP contribution < -0.4 is 10.2 Å². The number of aromatic amines is 1. The van der Waals surface area contributed by atoms with Crippen LogP contribution in [0.4, 0.5) is 5.82 Å². The van der Waals surface area contributed by atoms with Gasteiger partial charge in [-0.3, -0.25) is 0 Å². The van der Waals surface area contributed by atoms with Crippen molar-refractivity contribution in [3.8, 4) is 0 Å². The van der Waals surface area contributed by atoms with Crippen LogP contribution in [0.25, 0.3) is 0 Å². The van der Waals surface area contributed by atoms with E-state index in [0.29, 0.717) is 0 Å². The molecule has 0 spiro atoms. The molecule has 21 heavy (non-hydrogen) atoms. The number of nitrogens with zero attached hydrogens (tertiary/aromatic N) is 3. The lowest BCUT2D eigenvalue weighted by atomic mass is 10.1. The van der Waals surface area contributed by atoms with Crippen molar-refractivity contribution in [2.75, 3.05) is 18.0 Å². The van der Waals surface area contributed by atoms with Crippen LogP contribution in [0.3, 0.4) is 0 Å². The highest BCUT2D eigenvalue weighted by Gasteiger charge is 2.12. The summed E-state index contributed by atoms with van der Waals surface area (Å²) < 4.78 is 0. The minimum absolute atomic E-state index is 0.214. The summed E-state index contributed by atoms with van der Waals surface area (Å²) in [7, 11) is 0. The van der Waals surface area contributed by atoms with Gasteiger partial charge >= 0.3 is 0 Å². The first-order chi connectivity index (χ1) is 10.3. The Morgan fingerprint density at radius 3 is 2.86 bits per heavy atom. The maximum absolute atomic E-state index is 4.52. The summed E-state index contributed by atoms with van der Waals surface area (Å²) in [5, 5.41) is 3.49. The Balaban J connectivity index is 1.60. The normalized spacial score (nSPS) is 16.9. The number of aromatic nitrogens is 3. The van der Waals surface area contributed by atoms with Gasteiger partial charge in [0.05, 0.1) is 6.04 Å². The van der Waals surface area contributed by atoms with E-state index in [0.717, 1.165) is 31.3 Å². The van der Waals surface area contributed by atoms with Crippen molar-refractivity contribution < 1.29 is 0 Å². The second-order valence-corrected chi connectivity index (χ2v) is 5.65. The van der Waals surface area contributed by atoms with E-state index < -0.39 is 0 Å². The molecule has 1 aliphatic heterocycles. The van der Waals surface area contributed by atoms with Crippen LogP contribution in [0.5, 0.6) is 0 Å². The lowest BCUT2D eigenvalue weighted by molar-refractivity contribution is 0.549. The molecular formula is C16H23N5. The number of piperidine rings is 1. The monoisotopic (exact) mass is 285 g/mol. The predicted molar refractivity (Wildman–Crippen MR) is 84.1 cm³/mol. The fourth-order valence-electron chi connectivity index (χ4n) is 2.75. The van der Waals surface area contributed by atoms with E-state index in [2.05, 4.69) is 44.2 Å². The predicted octanol–water partition coefficient (Wildman–Crippen LogP) is 2.65. The molecule has 5 heteroatoms. The maximum atomic E-state index is 4.52. The molecule has 0 aromatic carbocycles. The van der Waals surface area contributed by atoms with Gasteiger partial charge in [-0.2, -0.15) is 0 Å². The molecule has 0 saturated carbocycles. The maximum Gasteiger partial charge on any atom is 0.128 e. The summed E-state index contributed by atoms with van der Waals surface area (Å²) in [6, 6.07) is 4.49. The van der Waals surface area contributed by atoms with Crippen LogP contribution in [-0.4, -0.2) is 28.0 Å². The lowest BCUT2D eigenvalue weighted by Crippen LogP contribution is -2.30. The highest BCUT2D eigenvalue weighted by Crippen LogP contribution is 2.18. The zero-order valence-corrected chi connectivity index (χ0v) is 12.5. The molecule has 1 atom stereocenters. The summed E-state index contributed by atoms with van der Waals surface area (Å²) in [4.78, 5) is 14.3. The van der Waals surface area contributed by atoms with Gasteiger partial charge in [-0.05, 0) is 43.9 Å². The van der Waals surface area contributed by atoms with Crippen molar-refractivity contribution in [3.05, 3.63) is 42.1 Å². The summed E-state index contributed by atoms with van der Waals surface area (Å²) in [5.74, 6) is 2.08. The Hall–Kier alpha value is -1.88. The highest BCUT2D eigenvalue weighted by molar-refractivity contribution is 5.41. The molecular weight excluding hydrogens is 262 g/mol. The number of hydrogen-bond acceptors (Lipinski definition) is 4. The molecule has 3 rings (SSSR count). The number of nitrogens with one attached hydrogen (secondary N) is 2. The Kier molecular flexibility index (Phi) is 4.50. The van der Waals surface area contributed by atoms with Gasteiger partial charge in [0, 0.05) is 38.2 Å². The van der Waals surface area contributed by atoms with Crippen LogP contribution in [0, 0.1) is 0 Å². The molecule has 0 radical (unpaired) electrons. The van der Waals surface area contributed by atoms with Crippen molar-refractivity contribution >= 4 is 5.82 Å². The van der Waals surface area contributed by atoms with Crippen molar-refractivity contribution in [1.82, 2.24) is 20.3 Å². The van der Waals surface area contributed by atoms with Crippen LogP contribution in [0.1, 0.15) is 43.6 Å². The highest BCUT2D eigenvalue weighted by atomic mass is 15.2. The zero-order valence-electron chi connectivity index (χ0n) is 12.5. The molecule has 0 aliphatic carbocycles. The third kappa shape index (κ3) is 3.61. The average Bonchev–Trinajstić information content (AvgIpc) is 3.08. The molecule has 2 aromatic heterocycles. The van der Waals surface area contributed by atoms with E-state index in [-0.39, 0.29) is 6.04 Å². The number of H-pyrrole nitrogens is 1. The third-order valence-corrected chi connectivity index (χ3v) is 4.03. The summed E-state index contributed by atoms with van der Waals surface area (Å²) in [6.45, 7) is 5.20. The van der Waals surface area contributed by atoms with E-state index in [1.165, 1.54) is 24.8 Å². The minimum atomic E-state index is 0.214. The van der Waals surface area contributed by atoms with E-state index in [4.69, 9.17) is 0 Å². The summed E-state index contributed by atoms with van der Waals surface area (Å²) in [5.41, 5.74) is 1.27. The fourth-order valence-corrected chi connectivity index (χ4v) is 2.75. The Bertz CT molecular complexity index is 546. The van der Waals surface area contributed by atoms with Gasteiger partial charge in [0.25, 0.3) is 0 Å². The van der Waals surface area contributed by atoms with Crippen LogP contribution >= 0.6 is 0 Å². The van der Waals surface area contributed by atoms with Crippen molar-refractivity contribution in [1.29, 1.82) is 0 Å². The van der Waals surface area contributed by atoms with E-state index in [1.54, 1.807) is 6.20 Å². The smallest absolute Gasteiger partial charge is 0.128 e. The van der Waals surface area contributed by atoms with Gasteiger partial charge in [-0.15, -0.1) is 0 Å². The summed E-state index contributed by atoms with van der Waals surface area (Å²) >= 11 is 0. The molecule has 0 bridgehead atoms. The SMILES string of the molecule is C[C@H](NCc1ccnc(N2CCCCC2)c1)c1ncc[nH]1. The second kappa shape index (κ2) is 6.72. The zero-order chi connectivity index (χ0) is 14.5. The standard InChI is InChI=1S/C16H23N5/c1-13(16-18-7-8-19-16)20-12-14-5-6-17-15(11-14)21-9-3-2-4-10-21/h5-8,11,13,20H,2-4,9-10,12H2,1H3,(H,18,19)/t13-/m0/s1. The number of anilines is 1. The van der Waals surface area contributed by atoms with Crippen LogP contribution in [0.15, 0.2) is 30.7 Å². The summed E-state index contributed by atoms with van der Waals surface area (Å²) in [6.07, 6.45) is 9.46. The average molecular weight is 285 g/mol. The number of pyridine rings is 1. The van der Waals surface area contributed by atoms with Crippen LogP contribution in [0.2, 0.25) is 0 Å². The van der Waals surface area contributed by atoms with Gasteiger partial charge < -0.3 is 15.2 Å². The fraction of sp³-hybridized carbons (Fsp3) is 0.500. The Morgan fingerprint density at radius 2 is 2.10 bits per heavy atom. The molecule has 0 amide bonds. The molecule has 1 aliphatic rings. The topological polar surface area (TPSA) is 56.8 Å². The molecule has 3 heterocycles. The first-order valence-corrected chi connectivity index (χ1v) is 7.75. The molecule has 5 nitrogen and oxygen atoms in total. The Morgan fingerprint density at radius 1 is 1.24 bits per heavy atom. The number of rotatable bonds is 5. The number of imidazole rings is 1. The molecule has 0 unspecified atom stereocenters. The third-order valence-electron chi connectivity index (χ3n) is 4.03. The van der Waals surface area contributed by atoms with Gasteiger partial charge in [0.1, 0.15) is 11.6 Å². The van der Waals surface area contributed by atoms with Gasteiger partial charge in [0.15, 0.2) is 0 Å². The van der Waals surface area contributed by atoms with E-state index >= 15 is 0 Å².